The Labute approximate surface area is 215 Å². The van der Waals surface area contributed by atoms with Crippen LogP contribution in [0.15, 0.2) is 72.8 Å². The van der Waals surface area contributed by atoms with Crippen LogP contribution in [0.4, 0.5) is 11.4 Å². The van der Waals surface area contributed by atoms with Crippen LogP contribution in [0.2, 0.25) is 0 Å². The van der Waals surface area contributed by atoms with Crippen LogP contribution >= 0.6 is 0 Å². The third kappa shape index (κ3) is 5.09. The van der Waals surface area contributed by atoms with Crippen LogP contribution in [0.1, 0.15) is 35.3 Å². The Kier molecular flexibility index (Phi) is 7.11. The highest BCUT2D eigenvalue weighted by molar-refractivity contribution is 6.52. The molecule has 1 heterocycles. The van der Waals surface area contributed by atoms with Crippen molar-refractivity contribution in [2.75, 3.05) is 23.9 Å². The minimum Gasteiger partial charge on any atom is -0.497 e. The Morgan fingerprint density at radius 3 is 2.27 bits per heavy atom. The number of para-hydroxylation sites is 1. The highest BCUT2D eigenvalue weighted by Crippen LogP contribution is 2.30. The molecule has 3 aromatic rings. The van der Waals surface area contributed by atoms with Crippen molar-refractivity contribution in [1.82, 2.24) is 4.90 Å². The summed E-state index contributed by atoms with van der Waals surface area (Å²) < 4.78 is 5.17. The number of methoxy groups -OCH3 is 1. The van der Waals surface area contributed by atoms with E-state index in [2.05, 4.69) is 5.32 Å². The number of rotatable bonds is 8. The number of aryl methyl sites for hydroxylation is 1. The molecule has 1 aliphatic heterocycles. The number of Topliss-reactive ketones (excluding diaryl/α,β-unsaturated/α-hetero) is 1. The van der Waals surface area contributed by atoms with E-state index in [4.69, 9.17) is 4.74 Å². The standard InChI is InChI=1S/C29H29N3O5/c1-19-9-5-6-10-20(19)17-32(29(2,3)28(36)30-21-13-15-22(37-4)16-14-21)25(33)18-31-24-12-8-7-11-23(24)26(34)27(31)35/h5-16H,17-18H2,1-4H3,(H,30,36). The Morgan fingerprint density at radius 2 is 1.59 bits per heavy atom. The number of nitrogens with zero attached hydrogens (tertiary/aromatic N) is 2. The van der Waals surface area contributed by atoms with Gasteiger partial charge in [-0.3, -0.25) is 24.1 Å². The molecule has 1 N–H and O–H groups in total. The third-order valence-electron chi connectivity index (χ3n) is 6.64. The molecule has 4 rings (SSSR count). The van der Waals surface area contributed by atoms with Crippen molar-refractivity contribution >= 4 is 34.9 Å². The van der Waals surface area contributed by atoms with E-state index in [0.717, 1.165) is 11.1 Å². The average molecular weight is 500 g/mol. The van der Waals surface area contributed by atoms with Crippen LogP contribution in [-0.2, 0) is 20.9 Å². The SMILES string of the molecule is COc1ccc(NC(=O)C(C)(C)N(Cc2ccccc2C)C(=O)CN2C(=O)C(=O)c3ccccc32)cc1. The van der Waals surface area contributed by atoms with E-state index in [1.54, 1.807) is 69.5 Å². The molecule has 0 unspecified atom stereocenters. The fraction of sp³-hybridized carbons (Fsp3) is 0.241. The van der Waals surface area contributed by atoms with Crippen LogP contribution < -0.4 is 15.0 Å². The van der Waals surface area contributed by atoms with Gasteiger partial charge in [-0.05, 0) is 68.3 Å². The number of amides is 3. The third-order valence-corrected chi connectivity index (χ3v) is 6.64. The summed E-state index contributed by atoms with van der Waals surface area (Å²) in [7, 11) is 1.56. The van der Waals surface area contributed by atoms with E-state index in [0.29, 0.717) is 17.1 Å². The van der Waals surface area contributed by atoms with Gasteiger partial charge in [0.25, 0.3) is 11.7 Å². The molecule has 0 fully saturated rings. The molecule has 0 aromatic heterocycles. The maximum Gasteiger partial charge on any atom is 0.299 e. The molecule has 0 bridgehead atoms. The normalized spacial score (nSPS) is 12.8. The minimum atomic E-state index is -1.30. The van der Waals surface area contributed by atoms with Crippen LogP contribution in [-0.4, -0.2) is 47.6 Å². The highest BCUT2D eigenvalue weighted by Gasteiger charge is 2.42. The molecule has 0 saturated carbocycles. The molecule has 0 spiro atoms. The van der Waals surface area contributed by atoms with Crippen LogP contribution in [0.5, 0.6) is 5.75 Å². The Hall–Kier alpha value is -4.46. The van der Waals surface area contributed by atoms with Gasteiger partial charge in [0.1, 0.15) is 17.8 Å². The summed E-state index contributed by atoms with van der Waals surface area (Å²) in [5.74, 6) is -1.62. The van der Waals surface area contributed by atoms with Crippen molar-refractivity contribution in [3.05, 3.63) is 89.5 Å². The summed E-state index contributed by atoms with van der Waals surface area (Å²) >= 11 is 0. The van der Waals surface area contributed by atoms with Gasteiger partial charge in [0, 0.05) is 12.2 Å². The lowest BCUT2D eigenvalue weighted by Crippen LogP contribution is -2.57. The van der Waals surface area contributed by atoms with Gasteiger partial charge in [-0.2, -0.15) is 0 Å². The Balaban J connectivity index is 1.64. The van der Waals surface area contributed by atoms with Crippen molar-refractivity contribution in [2.24, 2.45) is 0 Å². The molecule has 0 atom stereocenters. The van der Waals surface area contributed by atoms with E-state index < -0.39 is 29.0 Å². The first-order valence-electron chi connectivity index (χ1n) is 11.9. The molecule has 8 heteroatoms. The zero-order chi connectivity index (χ0) is 26.7. The number of anilines is 2. The Morgan fingerprint density at radius 1 is 0.946 bits per heavy atom. The van der Waals surface area contributed by atoms with E-state index >= 15 is 0 Å². The first-order chi connectivity index (χ1) is 17.6. The van der Waals surface area contributed by atoms with Crippen molar-refractivity contribution < 1.29 is 23.9 Å². The van der Waals surface area contributed by atoms with Crippen molar-refractivity contribution in [3.63, 3.8) is 0 Å². The zero-order valence-electron chi connectivity index (χ0n) is 21.3. The van der Waals surface area contributed by atoms with E-state index in [9.17, 15) is 19.2 Å². The molecule has 3 amide bonds. The predicted molar refractivity (Wildman–Crippen MR) is 141 cm³/mol. The number of benzene rings is 3. The molecule has 1 aliphatic rings. The molecular formula is C29H29N3O5. The topological polar surface area (TPSA) is 96.0 Å². The molecule has 0 saturated heterocycles. The maximum atomic E-state index is 13.8. The summed E-state index contributed by atoms with van der Waals surface area (Å²) in [5.41, 5.74) is 1.74. The zero-order valence-corrected chi connectivity index (χ0v) is 21.3. The molecule has 8 nitrogen and oxygen atoms in total. The van der Waals surface area contributed by atoms with E-state index in [-0.39, 0.29) is 18.7 Å². The first-order valence-corrected chi connectivity index (χ1v) is 11.9. The van der Waals surface area contributed by atoms with Gasteiger partial charge in [-0.15, -0.1) is 0 Å². The van der Waals surface area contributed by atoms with E-state index in [1.165, 1.54) is 9.80 Å². The minimum absolute atomic E-state index is 0.145. The largest absolute Gasteiger partial charge is 0.497 e. The second-order valence-corrected chi connectivity index (χ2v) is 9.39. The van der Waals surface area contributed by atoms with Gasteiger partial charge in [0.05, 0.1) is 18.4 Å². The summed E-state index contributed by atoms with van der Waals surface area (Å²) in [6.07, 6.45) is 0. The van der Waals surface area contributed by atoms with Gasteiger partial charge in [-0.1, -0.05) is 36.4 Å². The molecule has 0 radical (unpaired) electrons. The number of nitrogens with one attached hydrogen (secondary N) is 1. The smallest absolute Gasteiger partial charge is 0.299 e. The van der Waals surface area contributed by atoms with Crippen LogP contribution in [0, 0.1) is 6.92 Å². The fourth-order valence-corrected chi connectivity index (χ4v) is 4.26. The summed E-state index contributed by atoms with van der Waals surface area (Å²) in [6, 6.07) is 21.1. The van der Waals surface area contributed by atoms with Crippen LogP contribution in [0.3, 0.4) is 0 Å². The summed E-state index contributed by atoms with van der Waals surface area (Å²) in [4.78, 5) is 55.1. The second-order valence-electron chi connectivity index (χ2n) is 9.39. The quantitative estimate of drug-likeness (QED) is 0.473. The number of hydrogen-bond acceptors (Lipinski definition) is 5. The van der Waals surface area contributed by atoms with Gasteiger partial charge in [0.15, 0.2) is 0 Å². The maximum absolute atomic E-state index is 13.8. The average Bonchev–Trinajstić information content (AvgIpc) is 3.13. The lowest BCUT2D eigenvalue weighted by molar-refractivity contribution is -0.143. The van der Waals surface area contributed by atoms with Gasteiger partial charge in [0.2, 0.25) is 11.8 Å². The lowest BCUT2D eigenvalue weighted by Gasteiger charge is -2.38. The first kappa shape index (κ1) is 25.6. The lowest BCUT2D eigenvalue weighted by atomic mass is 9.98. The van der Waals surface area contributed by atoms with Crippen molar-refractivity contribution in [1.29, 1.82) is 0 Å². The second kappa shape index (κ2) is 10.3. The van der Waals surface area contributed by atoms with Gasteiger partial charge >= 0.3 is 0 Å². The van der Waals surface area contributed by atoms with Crippen LogP contribution in [0.25, 0.3) is 0 Å². The monoisotopic (exact) mass is 499 g/mol. The molecule has 190 valence electrons. The number of fused-ring (bicyclic) bond motifs is 1. The fourth-order valence-electron chi connectivity index (χ4n) is 4.26. The molecule has 37 heavy (non-hydrogen) atoms. The molecular weight excluding hydrogens is 470 g/mol. The number of ether oxygens (including phenoxy) is 1. The van der Waals surface area contributed by atoms with Crippen molar-refractivity contribution in [2.45, 2.75) is 32.9 Å². The Bertz CT molecular complexity index is 1360. The number of ketones is 1. The number of carbonyl (C=O) groups is 4. The van der Waals surface area contributed by atoms with E-state index in [1.807, 2.05) is 31.2 Å². The molecule has 3 aromatic carbocycles. The van der Waals surface area contributed by atoms with Crippen molar-refractivity contribution in [3.8, 4) is 5.75 Å². The summed E-state index contributed by atoms with van der Waals surface area (Å²) in [6.45, 7) is 5.03. The summed E-state index contributed by atoms with van der Waals surface area (Å²) in [5, 5.41) is 2.87. The number of hydrogen-bond donors (Lipinski definition) is 1. The van der Waals surface area contributed by atoms with Gasteiger partial charge < -0.3 is 15.0 Å². The van der Waals surface area contributed by atoms with Gasteiger partial charge in [-0.25, -0.2) is 0 Å². The number of carbonyl (C=O) groups excluding carboxylic acids is 4. The predicted octanol–water partition coefficient (Wildman–Crippen LogP) is 3.98. The molecule has 0 aliphatic carbocycles. The highest BCUT2D eigenvalue weighted by atomic mass is 16.5.